The molecule has 0 atom stereocenters. The summed E-state index contributed by atoms with van der Waals surface area (Å²) in [6.07, 6.45) is 1.79. The van der Waals surface area contributed by atoms with E-state index in [1.807, 2.05) is 6.07 Å². The number of hydrogen-bond acceptors (Lipinski definition) is 8. The minimum Gasteiger partial charge on any atom is -0.493 e. The van der Waals surface area contributed by atoms with Crippen molar-refractivity contribution in [2.45, 2.75) is 0 Å². The van der Waals surface area contributed by atoms with Gasteiger partial charge >= 0.3 is 0 Å². The number of amides is 2. The standard InChI is InChI=1S/C21H21N3O6S/c1-27-15-9-13(10-16(28-2)19(15)29-3)23-20-17(31-21(26)24-20)8-12-5-4-6-14(7-12)30-11-18(22)25/h4-10H,11H2,1-3H3,(H2,22,25)(H,23,24,26)/b17-8-. The van der Waals surface area contributed by atoms with E-state index in [2.05, 4.69) is 10.3 Å². The number of benzene rings is 2. The maximum absolute atomic E-state index is 12.0. The Kier molecular flexibility index (Phi) is 7.03. The lowest BCUT2D eigenvalue weighted by Gasteiger charge is -2.12. The summed E-state index contributed by atoms with van der Waals surface area (Å²) in [6.45, 7) is -0.220. The lowest BCUT2D eigenvalue weighted by atomic mass is 10.2. The summed E-state index contributed by atoms with van der Waals surface area (Å²) >= 11 is 1.02. The molecule has 162 valence electrons. The highest BCUT2D eigenvalue weighted by Gasteiger charge is 2.24. The van der Waals surface area contributed by atoms with E-state index in [0.29, 0.717) is 39.4 Å². The van der Waals surface area contributed by atoms with E-state index in [-0.39, 0.29) is 11.8 Å². The quantitative estimate of drug-likeness (QED) is 0.643. The van der Waals surface area contributed by atoms with Gasteiger partial charge in [0, 0.05) is 12.1 Å². The molecule has 31 heavy (non-hydrogen) atoms. The highest BCUT2D eigenvalue weighted by molar-refractivity contribution is 8.18. The van der Waals surface area contributed by atoms with Gasteiger partial charge in [-0.2, -0.15) is 0 Å². The Morgan fingerprint density at radius 2 is 1.84 bits per heavy atom. The molecule has 9 nitrogen and oxygen atoms in total. The van der Waals surface area contributed by atoms with Crippen LogP contribution in [0.3, 0.4) is 0 Å². The van der Waals surface area contributed by atoms with Crippen LogP contribution in [0.1, 0.15) is 5.56 Å². The van der Waals surface area contributed by atoms with Crippen LogP contribution < -0.4 is 30.0 Å². The molecule has 0 aliphatic carbocycles. The summed E-state index contributed by atoms with van der Waals surface area (Å²) in [4.78, 5) is 28.1. The number of amidine groups is 1. The van der Waals surface area contributed by atoms with Gasteiger partial charge in [0.15, 0.2) is 18.1 Å². The first kappa shape index (κ1) is 22.0. The molecule has 1 fully saturated rings. The number of hydrogen-bond donors (Lipinski definition) is 2. The molecule has 0 aromatic heterocycles. The first-order valence-electron chi connectivity index (χ1n) is 9.04. The van der Waals surface area contributed by atoms with Gasteiger partial charge in [0.25, 0.3) is 11.1 Å². The molecule has 0 spiro atoms. The number of carbonyl (C=O) groups is 2. The van der Waals surface area contributed by atoms with Crippen molar-refractivity contribution in [3.05, 3.63) is 46.9 Å². The van der Waals surface area contributed by atoms with Gasteiger partial charge in [-0.3, -0.25) is 9.59 Å². The smallest absolute Gasteiger partial charge is 0.289 e. The first-order chi connectivity index (χ1) is 14.9. The second-order valence-electron chi connectivity index (χ2n) is 6.19. The highest BCUT2D eigenvalue weighted by Crippen LogP contribution is 2.41. The van der Waals surface area contributed by atoms with Crippen LogP contribution in [0.15, 0.2) is 46.3 Å². The normalized spacial score (nSPS) is 15.6. The topological polar surface area (TPSA) is 121 Å². The van der Waals surface area contributed by atoms with E-state index in [9.17, 15) is 9.59 Å². The molecule has 2 aromatic rings. The minimum absolute atomic E-state index is 0.220. The van der Waals surface area contributed by atoms with Crippen molar-refractivity contribution < 1.29 is 28.5 Å². The molecule has 0 saturated carbocycles. The van der Waals surface area contributed by atoms with Crippen LogP contribution >= 0.6 is 11.8 Å². The largest absolute Gasteiger partial charge is 0.493 e. The Bertz CT molecular complexity index is 1040. The maximum atomic E-state index is 12.0. The Hall–Kier alpha value is -3.66. The number of ether oxygens (including phenoxy) is 4. The molecule has 10 heteroatoms. The van der Waals surface area contributed by atoms with Gasteiger partial charge in [0.2, 0.25) is 5.75 Å². The number of rotatable bonds is 8. The van der Waals surface area contributed by atoms with Gasteiger partial charge in [0.1, 0.15) is 11.6 Å². The predicted molar refractivity (Wildman–Crippen MR) is 118 cm³/mol. The zero-order chi connectivity index (χ0) is 22.4. The predicted octanol–water partition coefficient (Wildman–Crippen LogP) is 3.10. The third-order valence-electron chi connectivity index (χ3n) is 4.08. The Morgan fingerprint density at radius 3 is 2.45 bits per heavy atom. The van der Waals surface area contributed by atoms with Crippen molar-refractivity contribution in [2.24, 2.45) is 10.7 Å². The first-order valence-corrected chi connectivity index (χ1v) is 9.86. The molecule has 2 amide bonds. The molecule has 0 unspecified atom stereocenters. The third-order valence-corrected chi connectivity index (χ3v) is 4.90. The number of nitrogens with two attached hydrogens (primary N) is 1. The SMILES string of the molecule is COc1cc(N=C2NC(=O)S/C2=C\c2cccc(OCC(N)=O)c2)cc(OC)c1OC. The van der Waals surface area contributed by atoms with E-state index in [0.717, 1.165) is 17.3 Å². The van der Waals surface area contributed by atoms with Crippen molar-refractivity contribution in [2.75, 3.05) is 27.9 Å². The fraction of sp³-hybridized carbons (Fsp3) is 0.190. The van der Waals surface area contributed by atoms with E-state index in [1.54, 1.807) is 36.4 Å². The number of methoxy groups -OCH3 is 3. The van der Waals surface area contributed by atoms with Crippen LogP contribution in [0.25, 0.3) is 6.08 Å². The van der Waals surface area contributed by atoms with Crippen LogP contribution in [0.2, 0.25) is 0 Å². The molecule has 0 bridgehead atoms. The zero-order valence-corrected chi connectivity index (χ0v) is 17.9. The molecular formula is C21H21N3O6S. The highest BCUT2D eigenvalue weighted by atomic mass is 32.2. The van der Waals surface area contributed by atoms with Crippen LogP contribution in [0, 0.1) is 0 Å². The van der Waals surface area contributed by atoms with E-state index in [4.69, 9.17) is 24.7 Å². The van der Waals surface area contributed by atoms with Crippen molar-refractivity contribution in [1.82, 2.24) is 5.32 Å². The summed E-state index contributed by atoms with van der Waals surface area (Å²) in [5, 5.41) is 2.48. The molecule has 3 rings (SSSR count). The summed E-state index contributed by atoms with van der Waals surface area (Å²) in [7, 11) is 4.54. The molecule has 1 aliphatic heterocycles. The second-order valence-corrected chi connectivity index (χ2v) is 7.21. The number of carbonyl (C=O) groups excluding carboxylic acids is 2. The Balaban J connectivity index is 1.95. The summed E-state index contributed by atoms with van der Waals surface area (Å²) in [6, 6.07) is 10.4. The number of nitrogens with zero attached hydrogens (tertiary/aromatic N) is 1. The van der Waals surface area contributed by atoms with E-state index in [1.165, 1.54) is 21.3 Å². The van der Waals surface area contributed by atoms with Gasteiger partial charge in [-0.05, 0) is 35.5 Å². The number of aliphatic imine (C=N–C) groups is 1. The lowest BCUT2D eigenvalue weighted by Crippen LogP contribution is -2.20. The molecule has 2 aromatic carbocycles. The molecule has 1 heterocycles. The molecular weight excluding hydrogens is 422 g/mol. The van der Waals surface area contributed by atoms with Crippen molar-refractivity contribution in [1.29, 1.82) is 0 Å². The fourth-order valence-corrected chi connectivity index (χ4v) is 3.51. The lowest BCUT2D eigenvalue weighted by molar-refractivity contribution is -0.119. The van der Waals surface area contributed by atoms with Gasteiger partial charge in [0.05, 0.1) is 31.9 Å². The zero-order valence-electron chi connectivity index (χ0n) is 17.1. The van der Waals surface area contributed by atoms with Crippen LogP contribution in [-0.2, 0) is 4.79 Å². The van der Waals surface area contributed by atoms with Gasteiger partial charge < -0.3 is 30.0 Å². The summed E-state index contributed by atoms with van der Waals surface area (Å²) < 4.78 is 21.4. The van der Waals surface area contributed by atoms with Crippen molar-refractivity contribution >= 4 is 40.5 Å². The summed E-state index contributed by atoms with van der Waals surface area (Å²) in [5.74, 6) is 1.64. The molecule has 3 N–H and O–H groups in total. The second kappa shape index (κ2) is 9.90. The van der Waals surface area contributed by atoms with Crippen LogP contribution in [0.4, 0.5) is 10.5 Å². The average molecular weight is 443 g/mol. The number of nitrogens with one attached hydrogen (secondary N) is 1. The number of thioether (sulfide) groups is 1. The Morgan fingerprint density at radius 1 is 1.13 bits per heavy atom. The minimum atomic E-state index is -0.565. The van der Waals surface area contributed by atoms with Gasteiger partial charge in [-0.1, -0.05) is 12.1 Å². The number of primary amides is 1. The van der Waals surface area contributed by atoms with E-state index >= 15 is 0 Å². The maximum Gasteiger partial charge on any atom is 0.289 e. The fourth-order valence-electron chi connectivity index (χ4n) is 2.77. The Labute approximate surface area is 183 Å². The van der Waals surface area contributed by atoms with Crippen molar-refractivity contribution in [3.8, 4) is 23.0 Å². The molecule has 1 saturated heterocycles. The molecule has 1 aliphatic rings. The van der Waals surface area contributed by atoms with Crippen LogP contribution in [-0.4, -0.2) is 44.9 Å². The molecule has 0 radical (unpaired) electrons. The van der Waals surface area contributed by atoms with Gasteiger partial charge in [-0.25, -0.2) is 4.99 Å². The van der Waals surface area contributed by atoms with E-state index < -0.39 is 5.91 Å². The average Bonchev–Trinajstić information content (AvgIpc) is 3.10. The van der Waals surface area contributed by atoms with Crippen LogP contribution in [0.5, 0.6) is 23.0 Å². The third kappa shape index (κ3) is 5.48. The van der Waals surface area contributed by atoms with Gasteiger partial charge in [-0.15, -0.1) is 0 Å². The summed E-state index contributed by atoms with van der Waals surface area (Å²) in [5.41, 5.74) is 6.38. The van der Waals surface area contributed by atoms with Crippen molar-refractivity contribution in [3.63, 3.8) is 0 Å². The monoisotopic (exact) mass is 443 g/mol.